The molecule has 4 heteroatoms. The van der Waals surface area contributed by atoms with Gasteiger partial charge < -0.3 is 16.9 Å². The number of likely N-dealkylation sites (N-methyl/N-ethyl adjacent to an activating group) is 1. The Kier molecular flexibility index (Phi) is 6.35. The number of Topliss-reactive ketones (excluding diaryl/α,β-unsaturated/α-hetero) is 2. The average Bonchev–Trinajstić information content (AvgIpc) is 2.72. The molecular formula is C26H24ClNO2. The van der Waals surface area contributed by atoms with E-state index >= 15 is 0 Å². The van der Waals surface area contributed by atoms with Crippen LogP contribution in [0.2, 0.25) is 0 Å². The van der Waals surface area contributed by atoms with Crippen LogP contribution < -0.4 is 12.4 Å². The van der Waals surface area contributed by atoms with Gasteiger partial charge in [-0.25, -0.2) is 0 Å². The van der Waals surface area contributed by atoms with Crippen LogP contribution >= 0.6 is 0 Å². The topological polar surface area (TPSA) is 34.1 Å². The maximum Gasteiger partial charge on any atom is 0.217 e. The Morgan fingerprint density at radius 3 is 1.40 bits per heavy atom. The zero-order valence-electron chi connectivity index (χ0n) is 17.1. The smallest absolute Gasteiger partial charge is 0.217 e. The van der Waals surface area contributed by atoms with Gasteiger partial charge in [0.15, 0.2) is 0 Å². The van der Waals surface area contributed by atoms with Gasteiger partial charge in [-0.05, 0) is 21.5 Å². The van der Waals surface area contributed by atoms with E-state index < -0.39 is 0 Å². The van der Waals surface area contributed by atoms with Crippen molar-refractivity contribution in [1.82, 2.24) is 0 Å². The van der Waals surface area contributed by atoms with Crippen molar-refractivity contribution in [3.05, 3.63) is 96.1 Å². The number of hydrogen-bond acceptors (Lipinski definition) is 2. The summed E-state index contributed by atoms with van der Waals surface area (Å²) >= 11 is 0. The quantitative estimate of drug-likeness (QED) is 0.356. The van der Waals surface area contributed by atoms with Crippen LogP contribution in [-0.4, -0.2) is 43.2 Å². The highest BCUT2D eigenvalue weighted by molar-refractivity contribution is 6.10. The van der Waals surface area contributed by atoms with Crippen LogP contribution in [0.15, 0.2) is 84.9 Å². The number of hydrogen-bond donors (Lipinski definition) is 0. The Morgan fingerprint density at radius 1 is 0.600 bits per heavy atom. The molecule has 4 aromatic carbocycles. The number of carbonyl (C=O) groups excluding carboxylic acids is 2. The molecule has 0 saturated heterocycles. The first-order valence-corrected chi connectivity index (χ1v) is 9.78. The molecular weight excluding hydrogens is 394 g/mol. The lowest BCUT2D eigenvalue weighted by Gasteiger charge is -2.28. The largest absolute Gasteiger partial charge is 1.00 e. The summed E-state index contributed by atoms with van der Waals surface area (Å²) in [5.41, 5.74) is 1.43. The van der Waals surface area contributed by atoms with E-state index in [1.807, 2.05) is 99.0 Å². The SMILES string of the molecule is C[N+](C)(CC(=O)c1cccc2ccccc12)CC(=O)c1cccc2ccccc12.[Cl-]. The van der Waals surface area contributed by atoms with Crippen LogP contribution in [0.25, 0.3) is 21.5 Å². The number of halogens is 1. The fraction of sp³-hybridized carbons (Fsp3) is 0.154. The zero-order chi connectivity index (χ0) is 20.4. The third-order valence-electron chi connectivity index (χ3n) is 5.32. The van der Waals surface area contributed by atoms with E-state index in [0.29, 0.717) is 15.6 Å². The molecule has 0 radical (unpaired) electrons. The molecule has 0 aliphatic heterocycles. The summed E-state index contributed by atoms with van der Waals surface area (Å²) in [6, 6.07) is 27.4. The molecule has 0 N–H and O–H groups in total. The Bertz CT molecular complexity index is 1120. The molecule has 3 nitrogen and oxygen atoms in total. The number of fused-ring (bicyclic) bond motifs is 2. The molecule has 0 unspecified atom stereocenters. The predicted octanol–water partition coefficient (Wildman–Crippen LogP) is 2.14. The fourth-order valence-corrected chi connectivity index (χ4v) is 3.94. The van der Waals surface area contributed by atoms with E-state index in [4.69, 9.17) is 0 Å². The van der Waals surface area contributed by atoms with Crippen LogP contribution in [0.1, 0.15) is 20.7 Å². The first-order chi connectivity index (χ1) is 13.9. The summed E-state index contributed by atoms with van der Waals surface area (Å²) in [5.74, 6) is 0.107. The van der Waals surface area contributed by atoms with Crippen LogP contribution in [0, 0.1) is 0 Å². The van der Waals surface area contributed by atoms with Gasteiger partial charge in [-0.2, -0.15) is 0 Å². The van der Waals surface area contributed by atoms with Gasteiger partial charge in [0, 0.05) is 11.1 Å². The van der Waals surface area contributed by atoms with Crippen molar-refractivity contribution >= 4 is 33.1 Å². The molecule has 0 atom stereocenters. The van der Waals surface area contributed by atoms with E-state index in [1.165, 1.54) is 0 Å². The van der Waals surface area contributed by atoms with Crippen molar-refractivity contribution < 1.29 is 26.5 Å². The minimum Gasteiger partial charge on any atom is -1.00 e. The average molecular weight is 418 g/mol. The van der Waals surface area contributed by atoms with Crippen molar-refractivity contribution in [3.8, 4) is 0 Å². The number of rotatable bonds is 6. The van der Waals surface area contributed by atoms with Gasteiger partial charge >= 0.3 is 0 Å². The van der Waals surface area contributed by atoms with Gasteiger partial charge in [-0.3, -0.25) is 9.59 Å². The Balaban J connectivity index is 0.00000256. The van der Waals surface area contributed by atoms with Crippen LogP contribution in [0.3, 0.4) is 0 Å². The van der Waals surface area contributed by atoms with Crippen molar-refractivity contribution in [3.63, 3.8) is 0 Å². The summed E-state index contributed by atoms with van der Waals surface area (Å²) in [7, 11) is 3.87. The van der Waals surface area contributed by atoms with Gasteiger partial charge in [0.25, 0.3) is 0 Å². The van der Waals surface area contributed by atoms with Gasteiger partial charge in [0.1, 0.15) is 13.1 Å². The summed E-state index contributed by atoms with van der Waals surface area (Å²) in [5, 5.41) is 4.02. The highest BCUT2D eigenvalue weighted by atomic mass is 35.5. The van der Waals surface area contributed by atoms with Gasteiger partial charge in [-0.1, -0.05) is 84.9 Å². The number of benzene rings is 4. The fourth-order valence-electron chi connectivity index (χ4n) is 3.94. The second-order valence-corrected chi connectivity index (χ2v) is 8.15. The van der Waals surface area contributed by atoms with Gasteiger partial charge in [0.2, 0.25) is 11.6 Å². The standard InChI is InChI=1S/C26H24NO2.ClH/c1-27(2,17-25(28)23-15-7-11-19-9-3-5-13-21(19)23)18-26(29)24-16-8-12-20-10-4-6-14-22(20)24;/h3-16H,17-18H2,1-2H3;1H/q+1;/p-1. The lowest BCUT2D eigenvalue weighted by Crippen LogP contribution is -3.00. The lowest BCUT2D eigenvalue weighted by molar-refractivity contribution is -0.873. The van der Waals surface area contributed by atoms with E-state index in [9.17, 15) is 9.59 Å². The maximum atomic E-state index is 13.1. The number of nitrogens with zero attached hydrogens (tertiary/aromatic N) is 1. The minimum atomic E-state index is 0. The highest BCUT2D eigenvalue weighted by Crippen LogP contribution is 2.22. The molecule has 0 aromatic heterocycles. The highest BCUT2D eigenvalue weighted by Gasteiger charge is 2.26. The zero-order valence-corrected chi connectivity index (χ0v) is 17.9. The molecule has 0 fully saturated rings. The summed E-state index contributed by atoms with van der Waals surface area (Å²) < 4.78 is 0.310. The molecule has 152 valence electrons. The van der Waals surface area contributed by atoms with E-state index in [0.717, 1.165) is 21.5 Å². The van der Waals surface area contributed by atoms with Crippen LogP contribution in [0.4, 0.5) is 0 Å². The van der Waals surface area contributed by atoms with E-state index in [2.05, 4.69) is 0 Å². The number of quaternary nitrogens is 1. The summed E-state index contributed by atoms with van der Waals surface area (Å²) in [6.07, 6.45) is 0. The molecule has 0 spiro atoms. The molecule has 4 aromatic rings. The number of ketones is 2. The Hall–Kier alpha value is -3.01. The molecule has 0 heterocycles. The maximum absolute atomic E-state index is 13.1. The molecule has 0 amide bonds. The normalized spacial score (nSPS) is 11.3. The third-order valence-corrected chi connectivity index (χ3v) is 5.32. The van der Waals surface area contributed by atoms with Crippen molar-refractivity contribution in [1.29, 1.82) is 0 Å². The van der Waals surface area contributed by atoms with Gasteiger partial charge in [0.05, 0.1) is 14.1 Å². The van der Waals surface area contributed by atoms with Crippen molar-refractivity contribution in [2.75, 3.05) is 27.2 Å². The molecule has 0 bridgehead atoms. The third kappa shape index (κ3) is 4.43. The first kappa shape index (κ1) is 21.7. The Labute approximate surface area is 182 Å². The second-order valence-electron chi connectivity index (χ2n) is 8.15. The van der Waals surface area contributed by atoms with Gasteiger partial charge in [-0.15, -0.1) is 0 Å². The minimum absolute atomic E-state index is 0. The molecule has 0 saturated carbocycles. The Morgan fingerprint density at radius 2 is 0.967 bits per heavy atom. The van der Waals surface area contributed by atoms with Crippen molar-refractivity contribution in [2.24, 2.45) is 0 Å². The van der Waals surface area contributed by atoms with Crippen molar-refractivity contribution in [2.45, 2.75) is 0 Å². The summed E-state index contributed by atoms with van der Waals surface area (Å²) in [6.45, 7) is 0.537. The second kappa shape index (κ2) is 8.78. The first-order valence-electron chi connectivity index (χ1n) is 9.78. The molecule has 4 rings (SSSR count). The van der Waals surface area contributed by atoms with E-state index in [-0.39, 0.29) is 37.1 Å². The molecule has 0 aliphatic rings. The predicted molar refractivity (Wildman–Crippen MR) is 118 cm³/mol. The molecule has 0 aliphatic carbocycles. The van der Waals surface area contributed by atoms with Crippen LogP contribution in [0.5, 0.6) is 0 Å². The lowest BCUT2D eigenvalue weighted by atomic mass is 9.99. The summed E-state index contributed by atoms with van der Waals surface area (Å²) in [4.78, 5) is 26.2. The van der Waals surface area contributed by atoms with Crippen LogP contribution in [-0.2, 0) is 0 Å². The molecule has 30 heavy (non-hydrogen) atoms. The number of carbonyl (C=O) groups is 2. The van der Waals surface area contributed by atoms with E-state index in [1.54, 1.807) is 0 Å². The monoisotopic (exact) mass is 417 g/mol.